The molecule has 0 aromatic carbocycles. The zero-order chi connectivity index (χ0) is 19.8. The van der Waals surface area contributed by atoms with Crippen LogP contribution in [-0.4, -0.2) is 42.6 Å². The monoisotopic (exact) mass is 376 g/mol. The second kappa shape index (κ2) is 9.94. The molecule has 2 N–H and O–H groups in total. The van der Waals surface area contributed by atoms with Crippen molar-refractivity contribution in [1.82, 2.24) is 10.3 Å². The molecule has 1 amide bonds. The van der Waals surface area contributed by atoms with E-state index in [-0.39, 0.29) is 30.4 Å². The Balaban J connectivity index is 1.83. The van der Waals surface area contributed by atoms with E-state index in [0.29, 0.717) is 17.8 Å². The predicted molar refractivity (Wildman–Crippen MR) is 101 cm³/mol. The molecule has 1 aliphatic rings. The fourth-order valence-corrected chi connectivity index (χ4v) is 3.21. The molecule has 0 spiro atoms. The summed E-state index contributed by atoms with van der Waals surface area (Å²) in [7, 11) is 0. The largest absolute Gasteiger partial charge is 0.461 e. The van der Waals surface area contributed by atoms with Crippen molar-refractivity contribution >= 4 is 17.8 Å². The Morgan fingerprint density at radius 1 is 1.15 bits per heavy atom. The Morgan fingerprint density at radius 3 is 2.59 bits per heavy atom. The van der Waals surface area contributed by atoms with Gasteiger partial charge in [0.1, 0.15) is 5.69 Å². The summed E-state index contributed by atoms with van der Waals surface area (Å²) in [6.45, 7) is 5.46. The summed E-state index contributed by atoms with van der Waals surface area (Å²) < 4.78 is 10.1. The molecular formula is C20H28N2O5. The predicted octanol–water partition coefficient (Wildman–Crippen LogP) is 2.97. The van der Waals surface area contributed by atoms with Crippen LogP contribution >= 0.6 is 0 Å². The van der Waals surface area contributed by atoms with Crippen molar-refractivity contribution in [3.8, 4) is 0 Å². The first kappa shape index (κ1) is 20.7. The standard InChI is InChI=1S/C20H28N2O5/c1-4-26-20(25)18-13(2)17(14(3)22-18)19(24)27-12-16(23)21-11-10-15-8-6-5-7-9-15/h8,22H,4-7,9-12H2,1-3H3,(H,21,23). The average Bonchev–Trinajstić information content (AvgIpc) is 2.95. The fraction of sp³-hybridized carbons (Fsp3) is 0.550. The van der Waals surface area contributed by atoms with Gasteiger partial charge in [0.2, 0.25) is 0 Å². The van der Waals surface area contributed by atoms with Crippen molar-refractivity contribution in [2.75, 3.05) is 19.8 Å². The first-order valence-electron chi connectivity index (χ1n) is 9.42. The molecule has 7 heteroatoms. The van der Waals surface area contributed by atoms with Crippen LogP contribution in [0.2, 0.25) is 0 Å². The highest BCUT2D eigenvalue weighted by atomic mass is 16.5. The number of esters is 2. The number of aromatic amines is 1. The topological polar surface area (TPSA) is 97.5 Å². The third-order valence-electron chi connectivity index (χ3n) is 4.61. The van der Waals surface area contributed by atoms with E-state index in [1.54, 1.807) is 20.8 Å². The number of aromatic nitrogens is 1. The van der Waals surface area contributed by atoms with Crippen molar-refractivity contribution < 1.29 is 23.9 Å². The van der Waals surface area contributed by atoms with Crippen LogP contribution in [0, 0.1) is 13.8 Å². The Labute approximate surface area is 159 Å². The molecule has 1 aromatic heterocycles. The SMILES string of the molecule is CCOC(=O)c1[nH]c(C)c(C(=O)OCC(=O)NCCC2=CCCCC2)c1C. The van der Waals surface area contributed by atoms with E-state index in [9.17, 15) is 14.4 Å². The van der Waals surface area contributed by atoms with Gasteiger partial charge in [-0.05, 0) is 58.4 Å². The van der Waals surface area contributed by atoms with Gasteiger partial charge in [0.25, 0.3) is 5.91 Å². The minimum atomic E-state index is -0.637. The minimum absolute atomic E-state index is 0.228. The van der Waals surface area contributed by atoms with E-state index in [4.69, 9.17) is 9.47 Å². The molecule has 0 aliphatic heterocycles. The van der Waals surface area contributed by atoms with Crippen LogP contribution in [0.25, 0.3) is 0 Å². The lowest BCUT2D eigenvalue weighted by Crippen LogP contribution is -2.30. The lowest BCUT2D eigenvalue weighted by molar-refractivity contribution is -0.124. The Morgan fingerprint density at radius 2 is 1.93 bits per heavy atom. The number of aryl methyl sites for hydroxylation is 1. The molecule has 2 rings (SSSR count). The van der Waals surface area contributed by atoms with E-state index in [1.807, 2.05) is 0 Å². The van der Waals surface area contributed by atoms with Crippen molar-refractivity contribution in [3.05, 3.63) is 34.2 Å². The number of nitrogens with one attached hydrogen (secondary N) is 2. The summed E-state index contributed by atoms with van der Waals surface area (Å²) in [5.74, 6) is -1.50. The van der Waals surface area contributed by atoms with Crippen molar-refractivity contribution in [2.24, 2.45) is 0 Å². The van der Waals surface area contributed by atoms with E-state index in [2.05, 4.69) is 16.4 Å². The van der Waals surface area contributed by atoms with Gasteiger partial charge in [-0.15, -0.1) is 0 Å². The van der Waals surface area contributed by atoms with Crippen LogP contribution in [0.1, 0.15) is 71.1 Å². The number of hydrogen-bond acceptors (Lipinski definition) is 5. The van der Waals surface area contributed by atoms with Crippen LogP contribution < -0.4 is 5.32 Å². The summed E-state index contributed by atoms with van der Waals surface area (Å²) in [6.07, 6.45) is 7.73. The molecule has 0 saturated heterocycles. The number of allylic oxidation sites excluding steroid dienone is 1. The molecule has 0 bridgehead atoms. The van der Waals surface area contributed by atoms with E-state index in [0.717, 1.165) is 19.3 Å². The quantitative estimate of drug-likeness (QED) is 0.537. The molecule has 0 unspecified atom stereocenters. The number of H-pyrrole nitrogens is 1. The van der Waals surface area contributed by atoms with Crippen LogP contribution in [0.4, 0.5) is 0 Å². The number of carbonyl (C=O) groups excluding carboxylic acids is 3. The molecule has 1 heterocycles. The maximum absolute atomic E-state index is 12.3. The smallest absolute Gasteiger partial charge is 0.355 e. The van der Waals surface area contributed by atoms with Gasteiger partial charge in [-0.3, -0.25) is 4.79 Å². The fourth-order valence-electron chi connectivity index (χ4n) is 3.21. The molecule has 0 atom stereocenters. The Hall–Kier alpha value is -2.57. The Kier molecular flexibility index (Phi) is 7.64. The second-order valence-electron chi connectivity index (χ2n) is 6.63. The summed E-state index contributed by atoms with van der Waals surface area (Å²) in [5, 5.41) is 2.77. The van der Waals surface area contributed by atoms with Crippen LogP contribution in [-0.2, 0) is 14.3 Å². The molecular weight excluding hydrogens is 348 g/mol. The normalized spacial score (nSPS) is 13.7. The molecule has 0 radical (unpaired) electrons. The summed E-state index contributed by atoms with van der Waals surface area (Å²) in [4.78, 5) is 39.0. The van der Waals surface area contributed by atoms with Crippen LogP contribution in [0.15, 0.2) is 11.6 Å². The number of rotatable bonds is 8. The maximum atomic E-state index is 12.3. The maximum Gasteiger partial charge on any atom is 0.355 e. The highest BCUT2D eigenvalue weighted by Crippen LogP contribution is 2.20. The first-order valence-corrected chi connectivity index (χ1v) is 9.42. The third kappa shape index (κ3) is 5.70. The van der Waals surface area contributed by atoms with Gasteiger partial charge in [0.05, 0.1) is 12.2 Å². The summed E-state index contributed by atoms with van der Waals surface area (Å²) in [5.41, 5.74) is 2.83. The number of hydrogen-bond donors (Lipinski definition) is 2. The van der Waals surface area contributed by atoms with Gasteiger partial charge >= 0.3 is 11.9 Å². The number of carbonyl (C=O) groups is 3. The van der Waals surface area contributed by atoms with Gasteiger partial charge in [0.15, 0.2) is 6.61 Å². The van der Waals surface area contributed by atoms with Crippen LogP contribution in [0.5, 0.6) is 0 Å². The lowest BCUT2D eigenvalue weighted by Gasteiger charge is -2.13. The van der Waals surface area contributed by atoms with Crippen LogP contribution in [0.3, 0.4) is 0 Å². The zero-order valence-electron chi connectivity index (χ0n) is 16.3. The molecule has 27 heavy (non-hydrogen) atoms. The summed E-state index contributed by atoms with van der Waals surface area (Å²) >= 11 is 0. The van der Waals surface area contributed by atoms with Gasteiger partial charge in [0, 0.05) is 12.2 Å². The molecule has 7 nitrogen and oxygen atoms in total. The van der Waals surface area contributed by atoms with Gasteiger partial charge < -0.3 is 19.8 Å². The highest BCUT2D eigenvalue weighted by molar-refractivity contribution is 5.99. The Bertz CT molecular complexity index is 733. The molecule has 0 fully saturated rings. The van der Waals surface area contributed by atoms with Crippen molar-refractivity contribution in [1.29, 1.82) is 0 Å². The van der Waals surface area contributed by atoms with Gasteiger partial charge in [-0.2, -0.15) is 0 Å². The molecule has 148 valence electrons. The third-order valence-corrected chi connectivity index (χ3v) is 4.61. The molecule has 1 aliphatic carbocycles. The highest BCUT2D eigenvalue weighted by Gasteiger charge is 2.24. The van der Waals surface area contributed by atoms with E-state index >= 15 is 0 Å². The van der Waals surface area contributed by atoms with Gasteiger partial charge in [-0.1, -0.05) is 11.6 Å². The number of ether oxygens (including phenoxy) is 2. The number of amides is 1. The summed E-state index contributed by atoms with van der Waals surface area (Å²) in [6, 6.07) is 0. The zero-order valence-corrected chi connectivity index (χ0v) is 16.3. The van der Waals surface area contributed by atoms with E-state index in [1.165, 1.54) is 18.4 Å². The lowest BCUT2D eigenvalue weighted by atomic mass is 9.97. The van der Waals surface area contributed by atoms with Gasteiger partial charge in [-0.25, -0.2) is 9.59 Å². The average molecular weight is 376 g/mol. The van der Waals surface area contributed by atoms with Crippen molar-refractivity contribution in [2.45, 2.75) is 52.9 Å². The minimum Gasteiger partial charge on any atom is -0.461 e. The molecule has 1 aromatic rings. The molecule has 0 saturated carbocycles. The van der Waals surface area contributed by atoms with Crippen molar-refractivity contribution in [3.63, 3.8) is 0 Å². The first-order chi connectivity index (χ1) is 12.9. The second-order valence-corrected chi connectivity index (χ2v) is 6.63. The van der Waals surface area contributed by atoms with E-state index < -0.39 is 11.9 Å².